The summed E-state index contributed by atoms with van der Waals surface area (Å²) < 4.78 is 13.0. The maximum absolute atomic E-state index is 13.0. The molecule has 0 aliphatic rings. The molecule has 0 atom stereocenters. The number of benzene rings is 1. The highest BCUT2D eigenvalue weighted by atomic mass is 19.1. The minimum Gasteiger partial charge on any atom is -0.594 e. The van der Waals surface area contributed by atoms with Crippen molar-refractivity contribution in [3.63, 3.8) is 0 Å². The minimum atomic E-state index is -0.587. The van der Waals surface area contributed by atoms with Crippen LogP contribution in [0.15, 0.2) is 18.2 Å². The normalized spacial score (nSPS) is 10.5. The first-order chi connectivity index (χ1) is 6.18. The Hall–Kier alpha value is -1.98. The molecule has 5 nitrogen and oxygen atoms in total. The molecule has 0 fully saturated rings. The van der Waals surface area contributed by atoms with Crippen LogP contribution in [-0.4, -0.2) is 10.1 Å². The Bertz CT molecular complexity index is 473. The van der Waals surface area contributed by atoms with Gasteiger partial charge in [0.1, 0.15) is 0 Å². The Morgan fingerprint density at radius 1 is 1.46 bits per heavy atom. The van der Waals surface area contributed by atoms with Crippen LogP contribution in [0.25, 0.3) is 11.0 Å². The lowest BCUT2D eigenvalue weighted by Gasteiger charge is -1.98. The summed E-state index contributed by atoms with van der Waals surface area (Å²) in [6, 6.07) is 4.03. The number of para-hydroxylation sites is 1. The summed E-state index contributed by atoms with van der Waals surface area (Å²) in [5.41, 5.74) is 5.18. The van der Waals surface area contributed by atoms with Crippen molar-refractivity contribution in [1.82, 2.24) is 10.1 Å². The van der Waals surface area contributed by atoms with Gasteiger partial charge in [0, 0.05) is 6.07 Å². The van der Waals surface area contributed by atoms with E-state index in [4.69, 9.17) is 5.73 Å². The zero-order chi connectivity index (χ0) is 9.42. The second kappa shape index (κ2) is 2.51. The number of hydrogen-bond donors (Lipinski definition) is 1. The molecular weight excluding hydrogens is 175 g/mol. The summed E-state index contributed by atoms with van der Waals surface area (Å²) in [6.07, 6.45) is 0. The van der Waals surface area contributed by atoms with Crippen molar-refractivity contribution >= 4 is 17.0 Å². The molecule has 0 spiro atoms. The van der Waals surface area contributed by atoms with Crippen molar-refractivity contribution in [2.45, 2.75) is 0 Å². The van der Waals surface area contributed by atoms with Crippen LogP contribution in [0, 0.1) is 11.0 Å². The van der Waals surface area contributed by atoms with Gasteiger partial charge in [0.05, 0.1) is 5.10 Å². The van der Waals surface area contributed by atoms with Crippen molar-refractivity contribution in [3.8, 4) is 0 Å². The number of nitrogens with zero attached hydrogens (tertiary/aromatic N) is 3. The summed E-state index contributed by atoms with van der Waals surface area (Å²) in [6.45, 7) is 0. The van der Waals surface area contributed by atoms with E-state index in [9.17, 15) is 9.60 Å². The van der Waals surface area contributed by atoms with Crippen molar-refractivity contribution in [3.05, 3.63) is 29.2 Å². The Kier molecular flexibility index (Phi) is 1.48. The van der Waals surface area contributed by atoms with Gasteiger partial charge in [-0.25, -0.2) is 4.39 Å². The second-order valence-corrected chi connectivity index (χ2v) is 2.45. The van der Waals surface area contributed by atoms with E-state index >= 15 is 0 Å². The molecule has 6 heteroatoms. The molecule has 1 aromatic carbocycles. The second-order valence-electron chi connectivity index (χ2n) is 2.45. The van der Waals surface area contributed by atoms with Crippen molar-refractivity contribution in [2.75, 3.05) is 5.73 Å². The first kappa shape index (κ1) is 7.66. The maximum atomic E-state index is 13.0. The number of anilines is 1. The monoisotopic (exact) mass is 180 g/mol. The fourth-order valence-corrected chi connectivity index (χ4v) is 1.05. The van der Waals surface area contributed by atoms with Crippen molar-refractivity contribution in [2.24, 2.45) is 0 Å². The average Bonchev–Trinajstić information content (AvgIpc) is 2.07. The van der Waals surface area contributed by atoms with Gasteiger partial charge >= 0.3 is 0 Å². The van der Waals surface area contributed by atoms with Gasteiger partial charge in [-0.3, -0.25) is 0 Å². The number of rotatable bonds is 0. The minimum absolute atomic E-state index is 0.0641. The summed E-state index contributed by atoms with van der Waals surface area (Å²) in [5.74, 6) is -0.830. The molecule has 0 unspecified atom stereocenters. The highest BCUT2D eigenvalue weighted by Crippen LogP contribution is 2.10. The van der Waals surface area contributed by atoms with Gasteiger partial charge in [0.25, 0.3) is 11.5 Å². The third-order valence-electron chi connectivity index (χ3n) is 1.59. The third-order valence-corrected chi connectivity index (χ3v) is 1.59. The topological polar surface area (TPSA) is 78.7 Å². The first-order valence-corrected chi connectivity index (χ1v) is 3.50. The highest BCUT2D eigenvalue weighted by molar-refractivity contribution is 5.71. The van der Waals surface area contributed by atoms with Crippen LogP contribution in [0.2, 0.25) is 0 Å². The third kappa shape index (κ3) is 1.12. The molecule has 2 aromatic rings. The average molecular weight is 180 g/mol. The Morgan fingerprint density at radius 2 is 2.23 bits per heavy atom. The standard InChI is InChI=1S/C7H5FN4O/c8-4-2-1-3-5-6(4)10-7(9)11-12(5)13/h1-3H,(H2,9,10,11). The number of nitrogen functional groups attached to an aromatic ring is 1. The molecule has 2 rings (SSSR count). The molecule has 66 valence electrons. The number of hydrogen-bond acceptors (Lipinski definition) is 4. The number of nitrogens with two attached hydrogens (primary N) is 1. The lowest BCUT2D eigenvalue weighted by molar-refractivity contribution is -0.641. The summed E-state index contributed by atoms with van der Waals surface area (Å²) in [4.78, 5) is 3.86. The van der Waals surface area contributed by atoms with Gasteiger partial charge < -0.3 is 10.9 Å². The van der Waals surface area contributed by atoms with Gasteiger partial charge in [0.15, 0.2) is 11.3 Å². The van der Waals surface area contributed by atoms with Crippen LogP contribution < -0.4 is 10.6 Å². The van der Waals surface area contributed by atoms with E-state index in [1.807, 2.05) is 0 Å². The predicted octanol–water partition coefficient (Wildman–Crippen LogP) is -0.0155. The zero-order valence-electron chi connectivity index (χ0n) is 6.44. The molecule has 1 heterocycles. The van der Waals surface area contributed by atoms with Crippen LogP contribution in [-0.2, 0) is 0 Å². The Morgan fingerprint density at radius 3 is 3.00 bits per heavy atom. The Labute approximate surface area is 72.2 Å². The quantitative estimate of drug-likeness (QED) is 0.456. The summed E-state index contributed by atoms with van der Waals surface area (Å²) >= 11 is 0. The van der Waals surface area contributed by atoms with Gasteiger partial charge in [-0.15, -0.1) is 0 Å². The van der Waals surface area contributed by atoms with Crippen LogP contribution in [0.1, 0.15) is 0 Å². The molecule has 0 radical (unpaired) electrons. The maximum Gasteiger partial charge on any atom is 0.288 e. The van der Waals surface area contributed by atoms with Crippen LogP contribution in [0.3, 0.4) is 0 Å². The van der Waals surface area contributed by atoms with E-state index in [1.54, 1.807) is 0 Å². The lowest BCUT2D eigenvalue weighted by Crippen LogP contribution is -2.33. The Balaban J connectivity index is 2.94. The number of fused-ring (bicyclic) bond motifs is 1. The van der Waals surface area contributed by atoms with Crippen molar-refractivity contribution in [1.29, 1.82) is 0 Å². The molecule has 0 aliphatic carbocycles. The van der Waals surface area contributed by atoms with Crippen molar-refractivity contribution < 1.29 is 9.24 Å². The summed E-state index contributed by atoms with van der Waals surface area (Å²) in [5, 5.41) is 14.4. The van der Waals surface area contributed by atoms with E-state index < -0.39 is 5.82 Å². The van der Waals surface area contributed by atoms with E-state index in [2.05, 4.69) is 10.1 Å². The molecule has 0 amide bonds. The first-order valence-electron chi connectivity index (χ1n) is 3.50. The van der Waals surface area contributed by atoms with Gasteiger partial charge in [-0.05, 0) is 10.9 Å². The smallest absolute Gasteiger partial charge is 0.288 e. The van der Waals surface area contributed by atoms with E-state index in [0.717, 1.165) is 0 Å². The SMILES string of the molecule is Nc1nc2c(F)cccc2[n+]([O-])n1. The van der Waals surface area contributed by atoms with Crippen LogP contribution in [0.4, 0.5) is 10.3 Å². The largest absolute Gasteiger partial charge is 0.594 e. The van der Waals surface area contributed by atoms with Gasteiger partial charge in [0.2, 0.25) is 0 Å². The lowest BCUT2D eigenvalue weighted by atomic mass is 10.3. The molecular formula is C7H5FN4O. The predicted molar refractivity (Wildman–Crippen MR) is 42.9 cm³/mol. The van der Waals surface area contributed by atoms with Crippen LogP contribution >= 0.6 is 0 Å². The molecule has 13 heavy (non-hydrogen) atoms. The van der Waals surface area contributed by atoms with E-state index in [0.29, 0.717) is 0 Å². The molecule has 0 saturated heterocycles. The van der Waals surface area contributed by atoms with Gasteiger partial charge in [-0.2, -0.15) is 4.98 Å². The molecule has 0 bridgehead atoms. The highest BCUT2D eigenvalue weighted by Gasteiger charge is 2.11. The molecule has 1 aromatic heterocycles. The number of aromatic nitrogens is 3. The fourth-order valence-electron chi connectivity index (χ4n) is 1.05. The molecule has 0 saturated carbocycles. The number of halogens is 1. The fraction of sp³-hybridized carbons (Fsp3) is 0. The molecule has 0 aliphatic heterocycles. The van der Waals surface area contributed by atoms with E-state index in [1.165, 1.54) is 18.2 Å². The van der Waals surface area contributed by atoms with Crippen LogP contribution in [0.5, 0.6) is 0 Å². The van der Waals surface area contributed by atoms with Gasteiger partial charge in [-0.1, -0.05) is 6.07 Å². The van der Waals surface area contributed by atoms with E-state index in [-0.39, 0.29) is 21.8 Å². The molecule has 2 N–H and O–H groups in total. The zero-order valence-corrected chi connectivity index (χ0v) is 6.44. The summed E-state index contributed by atoms with van der Waals surface area (Å²) in [7, 11) is 0.